The summed E-state index contributed by atoms with van der Waals surface area (Å²) in [5.74, 6) is -0.563. The summed E-state index contributed by atoms with van der Waals surface area (Å²) in [6, 6.07) is 5.09. The molecule has 0 aromatic heterocycles. The molecule has 1 saturated carbocycles. The van der Waals surface area contributed by atoms with Crippen molar-refractivity contribution in [1.82, 2.24) is 5.32 Å². The Labute approximate surface area is 125 Å². The van der Waals surface area contributed by atoms with Gasteiger partial charge in [-0.2, -0.15) is 0 Å². The summed E-state index contributed by atoms with van der Waals surface area (Å²) >= 11 is 3.31. The Morgan fingerprint density at radius 3 is 2.65 bits per heavy atom. The normalized spacial score (nSPS) is 16.1. The SMILES string of the molecule is COc1ccc(Br)c(C(=O)NCC2(C(=O)O)CCC2)c1. The number of carbonyl (C=O) groups is 2. The molecule has 1 fully saturated rings. The second kappa shape index (κ2) is 5.83. The van der Waals surface area contributed by atoms with Crippen LogP contribution in [0.3, 0.4) is 0 Å². The Morgan fingerprint density at radius 2 is 2.15 bits per heavy atom. The van der Waals surface area contributed by atoms with E-state index in [0.717, 1.165) is 6.42 Å². The molecule has 0 aliphatic heterocycles. The van der Waals surface area contributed by atoms with Gasteiger partial charge in [0.25, 0.3) is 5.91 Å². The van der Waals surface area contributed by atoms with Gasteiger partial charge in [-0.1, -0.05) is 6.42 Å². The molecule has 6 heteroatoms. The van der Waals surface area contributed by atoms with Gasteiger partial charge in [-0.15, -0.1) is 0 Å². The highest BCUT2D eigenvalue weighted by atomic mass is 79.9. The largest absolute Gasteiger partial charge is 0.497 e. The van der Waals surface area contributed by atoms with Gasteiger partial charge in [0.1, 0.15) is 5.75 Å². The summed E-state index contributed by atoms with van der Waals surface area (Å²) in [6.45, 7) is 0.158. The third-order valence-electron chi connectivity index (χ3n) is 3.77. The molecule has 1 aliphatic rings. The number of aliphatic carboxylic acids is 1. The van der Waals surface area contributed by atoms with Crippen molar-refractivity contribution in [1.29, 1.82) is 0 Å². The number of carbonyl (C=O) groups excluding carboxylic acids is 1. The smallest absolute Gasteiger partial charge is 0.311 e. The molecule has 0 bridgehead atoms. The third-order valence-corrected chi connectivity index (χ3v) is 4.46. The summed E-state index contributed by atoms with van der Waals surface area (Å²) in [5, 5.41) is 11.9. The second-order valence-electron chi connectivity index (χ2n) is 4.97. The van der Waals surface area contributed by atoms with Crippen LogP contribution in [0.15, 0.2) is 22.7 Å². The van der Waals surface area contributed by atoms with Gasteiger partial charge >= 0.3 is 5.97 Å². The van der Waals surface area contributed by atoms with Gasteiger partial charge in [-0.3, -0.25) is 9.59 Å². The molecule has 5 nitrogen and oxygen atoms in total. The average molecular weight is 342 g/mol. The molecule has 0 unspecified atom stereocenters. The number of nitrogens with one attached hydrogen (secondary N) is 1. The highest BCUT2D eigenvalue weighted by Gasteiger charge is 2.44. The summed E-state index contributed by atoms with van der Waals surface area (Å²) in [6.07, 6.45) is 2.12. The van der Waals surface area contributed by atoms with Gasteiger partial charge in [0.15, 0.2) is 0 Å². The number of carboxylic acids is 1. The van der Waals surface area contributed by atoms with Crippen molar-refractivity contribution < 1.29 is 19.4 Å². The van der Waals surface area contributed by atoms with E-state index in [9.17, 15) is 14.7 Å². The molecule has 20 heavy (non-hydrogen) atoms. The molecule has 0 radical (unpaired) electrons. The van der Waals surface area contributed by atoms with Crippen LogP contribution < -0.4 is 10.1 Å². The average Bonchev–Trinajstić information content (AvgIpc) is 2.37. The number of methoxy groups -OCH3 is 1. The van der Waals surface area contributed by atoms with Crippen molar-refractivity contribution in [2.75, 3.05) is 13.7 Å². The van der Waals surface area contributed by atoms with Crippen LogP contribution in [-0.2, 0) is 4.79 Å². The van der Waals surface area contributed by atoms with Crippen molar-refractivity contribution in [2.45, 2.75) is 19.3 Å². The molecule has 0 spiro atoms. The minimum Gasteiger partial charge on any atom is -0.497 e. The Kier molecular flexibility index (Phi) is 4.32. The summed E-state index contributed by atoms with van der Waals surface area (Å²) in [4.78, 5) is 23.4. The molecule has 1 amide bonds. The van der Waals surface area contributed by atoms with E-state index in [1.54, 1.807) is 18.2 Å². The molecule has 1 aromatic carbocycles. The number of carboxylic acid groups (broad SMARTS) is 1. The van der Waals surface area contributed by atoms with Crippen molar-refractivity contribution >= 4 is 27.8 Å². The lowest BCUT2D eigenvalue weighted by molar-refractivity contribution is -0.153. The first-order valence-electron chi connectivity index (χ1n) is 6.34. The van der Waals surface area contributed by atoms with E-state index in [0.29, 0.717) is 28.6 Å². The second-order valence-corrected chi connectivity index (χ2v) is 5.82. The van der Waals surface area contributed by atoms with Crippen molar-refractivity contribution in [2.24, 2.45) is 5.41 Å². The van der Waals surface area contributed by atoms with Crippen molar-refractivity contribution in [3.63, 3.8) is 0 Å². The quantitative estimate of drug-likeness (QED) is 0.862. The van der Waals surface area contributed by atoms with E-state index in [1.165, 1.54) is 7.11 Å². The van der Waals surface area contributed by atoms with Crippen LogP contribution in [-0.4, -0.2) is 30.6 Å². The maximum atomic E-state index is 12.2. The molecule has 1 aliphatic carbocycles. The van der Waals surface area contributed by atoms with Gasteiger partial charge < -0.3 is 15.2 Å². The zero-order valence-corrected chi connectivity index (χ0v) is 12.7. The highest BCUT2D eigenvalue weighted by molar-refractivity contribution is 9.10. The Bertz CT molecular complexity index is 540. The fraction of sp³-hybridized carbons (Fsp3) is 0.429. The van der Waals surface area contributed by atoms with Crippen molar-refractivity contribution in [3.8, 4) is 5.75 Å². The summed E-state index contributed by atoms with van der Waals surface area (Å²) in [7, 11) is 1.53. The van der Waals surface area contributed by atoms with Crippen LogP contribution in [0.2, 0.25) is 0 Å². The Hall–Kier alpha value is -1.56. The number of ether oxygens (including phenoxy) is 1. The molecule has 108 valence electrons. The number of hydrogen-bond acceptors (Lipinski definition) is 3. The summed E-state index contributed by atoms with van der Waals surface area (Å²) < 4.78 is 5.73. The molecule has 2 N–H and O–H groups in total. The lowest BCUT2D eigenvalue weighted by atomic mass is 9.69. The number of hydrogen-bond donors (Lipinski definition) is 2. The lowest BCUT2D eigenvalue weighted by Crippen LogP contribution is -2.47. The first-order valence-corrected chi connectivity index (χ1v) is 7.13. The topological polar surface area (TPSA) is 75.6 Å². The third kappa shape index (κ3) is 2.80. The highest BCUT2D eigenvalue weighted by Crippen LogP contribution is 2.40. The maximum Gasteiger partial charge on any atom is 0.311 e. The van der Waals surface area contributed by atoms with Crippen LogP contribution >= 0.6 is 15.9 Å². The Balaban J connectivity index is 2.07. The predicted molar refractivity (Wildman–Crippen MR) is 76.9 cm³/mol. The minimum absolute atomic E-state index is 0.158. The molecular formula is C14H16BrNO4. The zero-order chi connectivity index (χ0) is 14.8. The van der Waals surface area contributed by atoms with Crippen LogP contribution in [0.5, 0.6) is 5.75 Å². The van der Waals surface area contributed by atoms with E-state index < -0.39 is 11.4 Å². The van der Waals surface area contributed by atoms with Gasteiger partial charge in [0.05, 0.1) is 18.1 Å². The van der Waals surface area contributed by atoms with E-state index in [4.69, 9.17) is 4.74 Å². The standard InChI is InChI=1S/C14H16BrNO4/c1-20-9-3-4-11(15)10(7-9)12(17)16-8-14(13(18)19)5-2-6-14/h3-4,7H,2,5-6,8H2,1H3,(H,16,17)(H,18,19). The monoisotopic (exact) mass is 341 g/mol. The number of benzene rings is 1. The lowest BCUT2D eigenvalue weighted by Gasteiger charge is -2.37. The van der Waals surface area contributed by atoms with Crippen LogP contribution in [0, 0.1) is 5.41 Å². The molecular weight excluding hydrogens is 326 g/mol. The number of rotatable bonds is 5. The van der Waals surface area contributed by atoms with E-state index in [2.05, 4.69) is 21.2 Å². The van der Waals surface area contributed by atoms with Crippen molar-refractivity contribution in [3.05, 3.63) is 28.2 Å². The molecule has 0 atom stereocenters. The fourth-order valence-corrected chi connectivity index (χ4v) is 2.65. The van der Waals surface area contributed by atoms with E-state index in [1.807, 2.05) is 0 Å². The van der Waals surface area contributed by atoms with Gasteiger partial charge in [-0.05, 0) is 47.0 Å². The molecule has 0 heterocycles. The van der Waals surface area contributed by atoms with E-state index >= 15 is 0 Å². The van der Waals surface area contributed by atoms with Gasteiger partial charge in [0.2, 0.25) is 0 Å². The zero-order valence-electron chi connectivity index (χ0n) is 11.1. The predicted octanol–water partition coefficient (Wildman–Crippen LogP) is 2.44. The first kappa shape index (κ1) is 14.8. The molecule has 2 rings (SSSR count). The maximum absolute atomic E-state index is 12.2. The van der Waals surface area contributed by atoms with Crippen LogP contribution in [0.25, 0.3) is 0 Å². The van der Waals surface area contributed by atoms with Gasteiger partial charge in [0, 0.05) is 11.0 Å². The summed E-state index contributed by atoms with van der Waals surface area (Å²) in [5.41, 5.74) is -0.356. The van der Waals surface area contributed by atoms with Crippen LogP contribution in [0.4, 0.5) is 0 Å². The Morgan fingerprint density at radius 1 is 1.45 bits per heavy atom. The minimum atomic E-state index is -0.839. The van der Waals surface area contributed by atoms with Gasteiger partial charge in [-0.25, -0.2) is 0 Å². The molecule has 0 saturated heterocycles. The molecule has 1 aromatic rings. The van der Waals surface area contributed by atoms with Crippen LogP contribution in [0.1, 0.15) is 29.6 Å². The van der Waals surface area contributed by atoms with E-state index in [-0.39, 0.29) is 12.5 Å². The fourth-order valence-electron chi connectivity index (χ4n) is 2.22. The first-order chi connectivity index (χ1) is 9.48. The number of amides is 1. The number of halogens is 1.